The number of rotatable bonds is 7. The second kappa shape index (κ2) is 10.1. The SMILES string of the molecule is C=CCN1C(=O)/C(=C\c2ccc(-c3ccccc3[N+](=O)[O-])o2)S/C1=N/c1nc(-c2ccccc2)cs1. The molecule has 0 unspecified atom stereocenters. The van der Waals surface area contributed by atoms with E-state index < -0.39 is 4.92 Å². The molecule has 1 aliphatic rings. The van der Waals surface area contributed by atoms with Gasteiger partial charge in [0.05, 0.1) is 21.1 Å². The summed E-state index contributed by atoms with van der Waals surface area (Å²) in [5, 5.41) is 14.3. The number of benzene rings is 2. The number of thioether (sulfide) groups is 1. The van der Waals surface area contributed by atoms with Crippen molar-refractivity contribution in [2.75, 3.05) is 6.54 Å². The van der Waals surface area contributed by atoms with Gasteiger partial charge in [0.1, 0.15) is 11.5 Å². The van der Waals surface area contributed by atoms with Gasteiger partial charge in [0.15, 0.2) is 5.17 Å². The molecule has 0 bridgehead atoms. The zero-order valence-corrected chi connectivity index (χ0v) is 20.4. The Bertz CT molecular complexity index is 1520. The van der Waals surface area contributed by atoms with E-state index in [0.717, 1.165) is 11.3 Å². The number of nitro groups is 1. The molecule has 2 aromatic carbocycles. The van der Waals surface area contributed by atoms with E-state index in [2.05, 4.69) is 16.6 Å². The first-order chi connectivity index (χ1) is 17.5. The van der Waals surface area contributed by atoms with Crippen LogP contribution in [-0.4, -0.2) is 32.4 Å². The number of hydrogen-bond acceptors (Lipinski definition) is 8. The van der Waals surface area contributed by atoms with Crippen LogP contribution in [-0.2, 0) is 4.79 Å². The maximum absolute atomic E-state index is 13.1. The summed E-state index contributed by atoms with van der Waals surface area (Å²) in [5.41, 5.74) is 2.12. The number of carbonyl (C=O) groups excluding carboxylic acids is 1. The Kier molecular flexibility index (Phi) is 6.61. The molecule has 0 N–H and O–H groups in total. The van der Waals surface area contributed by atoms with Gasteiger partial charge < -0.3 is 4.42 Å². The summed E-state index contributed by atoms with van der Waals surface area (Å²) in [6, 6.07) is 19.5. The topological polar surface area (TPSA) is 102 Å². The molecule has 8 nitrogen and oxygen atoms in total. The van der Waals surface area contributed by atoms with Gasteiger partial charge in [-0.2, -0.15) is 4.99 Å². The summed E-state index contributed by atoms with van der Waals surface area (Å²) < 4.78 is 5.84. The zero-order valence-electron chi connectivity index (χ0n) is 18.7. The molecular formula is C26H18N4O4S2. The highest BCUT2D eigenvalue weighted by atomic mass is 32.2. The van der Waals surface area contributed by atoms with Gasteiger partial charge in [-0.25, -0.2) is 4.98 Å². The lowest BCUT2D eigenvalue weighted by molar-refractivity contribution is -0.384. The van der Waals surface area contributed by atoms with E-state index in [1.807, 2.05) is 35.7 Å². The number of nitrogens with zero attached hydrogens (tertiary/aromatic N) is 4. The van der Waals surface area contributed by atoms with Crippen molar-refractivity contribution in [1.29, 1.82) is 0 Å². The van der Waals surface area contributed by atoms with Crippen LogP contribution in [0.5, 0.6) is 0 Å². The average molecular weight is 515 g/mol. The fraction of sp³-hybridized carbons (Fsp3) is 0.0385. The van der Waals surface area contributed by atoms with Gasteiger partial charge in [-0.3, -0.25) is 19.8 Å². The van der Waals surface area contributed by atoms with Gasteiger partial charge in [-0.1, -0.05) is 48.5 Å². The van der Waals surface area contributed by atoms with Crippen LogP contribution in [0.15, 0.2) is 99.1 Å². The summed E-state index contributed by atoms with van der Waals surface area (Å²) in [4.78, 5) is 35.2. The predicted molar refractivity (Wildman–Crippen MR) is 143 cm³/mol. The number of nitro benzene ring substituents is 1. The molecule has 0 radical (unpaired) electrons. The number of thiazole rings is 1. The summed E-state index contributed by atoms with van der Waals surface area (Å²) in [6.07, 6.45) is 3.24. The number of amides is 1. The number of aliphatic imine (C=N–C) groups is 1. The van der Waals surface area contributed by atoms with Crippen LogP contribution in [0.2, 0.25) is 0 Å². The van der Waals surface area contributed by atoms with Crippen molar-refractivity contribution < 1.29 is 14.1 Å². The Morgan fingerprint density at radius 2 is 1.89 bits per heavy atom. The molecular weight excluding hydrogens is 496 g/mol. The lowest BCUT2D eigenvalue weighted by Gasteiger charge is -2.11. The maximum Gasteiger partial charge on any atom is 0.280 e. The van der Waals surface area contributed by atoms with Crippen LogP contribution in [0.4, 0.5) is 10.8 Å². The highest BCUT2D eigenvalue weighted by molar-refractivity contribution is 8.18. The second-order valence-corrected chi connectivity index (χ2v) is 9.41. The molecule has 1 aliphatic heterocycles. The van der Waals surface area contributed by atoms with Gasteiger partial charge in [-0.05, 0) is 30.0 Å². The summed E-state index contributed by atoms with van der Waals surface area (Å²) in [6.45, 7) is 4.04. The molecule has 2 aromatic heterocycles. The van der Waals surface area contributed by atoms with Crippen molar-refractivity contribution in [2.45, 2.75) is 0 Å². The van der Waals surface area contributed by atoms with Crippen molar-refractivity contribution in [3.8, 4) is 22.6 Å². The highest BCUT2D eigenvalue weighted by Gasteiger charge is 2.33. The molecule has 3 heterocycles. The Labute approximate surface area is 214 Å². The third kappa shape index (κ3) is 4.77. The largest absolute Gasteiger partial charge is 0.456 e. The van der Waals surface area contributed by atoms with E-state index in [4.69, 9.17) is 4.42 Å². The zero-order chi connectivity index (χ0) is 25.1. The Morgan fingerprint density at radius 1 is 1.11 bits per heavy atom. The first kappa shape index (κ1) is 23.5. The first-order valence-corrected chi connectivity index (χ1v) is 12.5. The standard InChI is InChI=1S/C26H18N4O4S2/c1-2-14-29-24(31)23(15-18-12-13-22(34-18)19-10-6-7-11-21(19)30(32)33)36-26(29)28-25-27-20(16-35-25)17-8-4-3-5-9-17/h2-13,15-16H,1,14H2/b23-15+,28-26+. The number of aromatic nitrogens is 1. The highest BCUT2D eigenvalue weighted by Crippen LogP contribution is 2.37. The van der Waals surface area contributed by atoms with Crippen molar-refractivity contribution in [3.05, 3.63) is 106 Å². The van der Waals surface area contributed by atoms with Crippen molar-refractivity contribution in [2.24, 2.45) is 4.99 Å². The van der Waals surface area contributed by atoms with Crippen LogP contribution >= 0.6 is 23.1 Å². The van der Waals surface area contributed by atoms with Crippen molar-refractivity contribution >= 4 is 51.1 Å². The van der Waals surface area contributed by atoms with E-state index in [0.29, 0.717) is 38.8 Å². The summed E-state index contributed by atoms with van der Waals surface area (Å²) in [7, 11) is 0. The fourth-order valence-corrected chi connectivity index (χ4v) is 5.29. The Balaban J connectivity index is 1.43. The number of para-hydroxylation sites is 1. The lowest BCUT2D eigenvalue weighted by Crippen LogP contribution is -2.29. The van der Waals surface area contributed by atoms with E-state index >= 15 is 0 Å². The molecule has 4 aromatic rings. The molecule has 0 aliphatic carbocycles. The molecule has 0 spiro atoms. The van der Waals surface area contributed by atoms with Gasteiger partial charge in [0, 0.05) is 29.6 Å². The van der Waals surface area contributed by atoms with Crippen molar-refractivity contribution in [1.82, 2.24) is 9.88 Å². The molecule has 5 rings (SSSR count). The molecule has 1 fully saturated rings. The second-order valence-electron chi connectivity index (χ2n) is 7.57. The Morgan fingerprint density at radius 3 is 2.67 bits per heavy atom. The number of amidine groups is 1. The van der Waals surface area contributed by atoms with Gasteiger partial charge >= 0.3 is 0 Å². The quantitative estimate of drug-likeness (QED) is 0.117. The van der Waals surface area contributed by atoms with Crippen molar-refractivity contribution in [3.63, 3.8) is 0 Å². The summed E-state index contributed by atoms with van der Waals surface area (Å²) >= 11 is 2.61. The smallest absolute Gasteiger partial charge is 0.280 e. The minimum Gasteiger partial charge on any atom is -0.456 e. The lowest BCUT2D eigenvalue weighted by atomic mass is 10.1. The van der Waals surface area contributed by atoms with Gasteiger partial charge in [0.2, 0.25) is 5.13 Å². The third-order valence-corrected chi connectivity index (χ3v) is 6.96. The van der Waals surface area contributed by atoms with E-state index in [1.54, 1.807) is 42.5 Å². The molecule has 36 heavy (non-hydrogen) atoms. The number of carbonyl (C=O) groups is 1. The minimum atomic E-state index is -0.454. The van der Waals surface area contributed by atoms with Crippen LogP contribution in [0.1, 0.15) is 5.76 Å². The van der Waals surface area contributed by atoms with E-state index in [1.165, 1.54) is 34.1 Å². The fourth-order valence-electron chi connectivity index (χ4n) is 3.57. The first-order valence-electron chi connectivity index (χ1n) is 10.8. The molecule has 178 valence electrons. The normalized spacial score (nSPS) is 15.7. The minimum absolute atomic E-state index is 0.0535. The molecule has 1 saturated heterocycles. The monoisotopic (exact) mass is 514 g/mol. The third-order valence-electron chi connectivity index (χ3n) is 5.22. The number of furan rings is 1. The van der Waals surface area contributed by atoms with Gasteiger partial charge in [0.25, 0.3) is 11.6 Å². The van der Waals surface area contributed by atoms with Crippen LogP contribution in [0.25, 0.3) is 28.7 Å². The van der Waals surface area contributed by atoms with Crippen LogP contribution < -0.4 is 0 Å². The molecule has 0 atom stereocenters. The maximum atomic E-state index is 13.1. The average Bonchev–Trinajstić information content (AvgIpc) is 3.62. The van der Waals surface area contributed by atoms with Gasteiger partial charge in [-0.15, -0.1) is 17.9 Å². The molecule has 0 saturated carbocycles. The van der Waals surface area contributed by atoms with Crippen LogP contribution in [0, 0.1) is 10.1 Å². The molecule has 10 heteroatoms. The van der Waals surface area contributed by atoms with E-state index in [-0.39, 0.29) is 11.6 Å². The van der Waals surface area contributed by atoms with E-state index in [9.17, 15) is 14.9 Å². The predicted octanol–water partition coefficient (Wildman–Crippen LogP) is 6.77. The number of hydrogen-bond donors (Lipinski definition) is 0. The van der Waals surface area contributed by atoms with Crippen LogP contribution in [0.3, 0.4) is 0 Å². The summed E-state index contributed by atoms with van der Waals surface area (Å²) in [5.74, 6) is 0.513. The Hall–Kier alpha value is -4.28. The molecule has 1 amide bonds.